The molecular weight excluding hydrogens is 369 g/mol. The molecule has 0 saturated heterocycles. The molecule has 1 aliphatic rings. The third kappa shape index (κ3) is 3.24. The highest BCUT2D eigenvalue weighted by Gasteiger charge is 2.37. The van der Waals surface area contributed by atoms with E-state index in [1.165, 1.54) is 18.2 Å². The number of ether oxygens (including phenoxy) is 1. The van der Waals surface area contributed by atoms with Gasteiger partial charge in [-0.1, -0.05) is 0 Å². The van der Waals surface area contributed by atoms with Gasteiger partial charge < -0.3 is 9.84 Å². The van der Waals surface area contributed by atoms with Crippen LogP contribution in [-0.2, 0) is 9.84 Å². The van der Waals surface area contributed by atoms with Crippen molar-refractivity contribution in [1.82, 2.24) is 0 Å². The summed E-state index contributed by atoms with van der Waals surface area (Å²) in [7, 11) is -3.70. The van der Waals surface area contributed by atoms with Gasteiger partial charge in [0.15, 0.2) is 9.84 Å². The van der Waals surface area contributed by atoms with Crippen LogP contribution in [0.25, 0.3) is 0 Å². The highest BCUT2D eigenvalue weighted by Crippen LogP contribution is 2.47. The zero-order chi connectivity index (χ0) is 18.4. The van der Waals surface area contributed by atoms with Crippen LogP contribution in [0.1, 0.15) is 26.9 Å². The molecule has 9 heteroatoms. The molecule has 2 aromatic rings. The van der Waals surface area contributed by atoms with Crippen LogP contribution >= 0.6 is 11.8 Å². The molecule has 0 unspecified atom stereocenters. The Kier molecular flexibility index (Phi) is 4.28. The summed E-state index contributed by atoms with van der Waals surface area (Å²) >= 11 is 0.561. The molecule has 0 amide bonds. The standard InChI is InChI=1S/C16H10FNO5S2/c1-25(21,22)12-3-2-11(13-14(12)16(20)24-15(13)19)23-10-5-8(7-18)4-9(17)6-10/h2-6,15,19H,1H3/t15-/m1/s1. The van der Waals surface area contributed by atoms with Gasteiger partial charge in [-0.25, -0.2) is 12.8 Å². The zero-order valence-corrected chi connectivity index (χ0v) is 14.3. The Morgan fingerprint density at radius 2 is 2.04 bits per heavy atom. The van der Waals surface area contributed by atoms with Gasteiger partial charge in [-0.2, -0.15) is 5.26 Å². The maximum absolute atomic E-state index is 13.5. The van der Waals surface area contributed by atoms with Gasteiger partial charge in [0, 0.05) is 17.9 Å². The predicted molar refractivity (Wildman–Crippen MR) is 87.6 cm³/mol. The van der Waals surface area contributed by atoms with Crippen molar-refractivity contribution in [3.05, 3.63) is 52.8 Å². The third-order valence-corrected chi connectivity index (χ3v) is 5.48. The van der Waals surface area contributed by atoms with Crippen LogP contribution in [-0.4, -0.2) is 24.9 Å². The lowest BCUT2D eigenvalue weighted by molar-refractivity contribution is 0.108. The number of halogens is 1. The van der Waals surface area contributed by atoms with Crippen molar-refractivity contribution in [2.24, 2.45) is 0 Å². The average Bonchev–Trinajstić information content (AvgIpc) is 2.81. The van der Waals surface area contributed by atoms with Crippen molar-refractivity contribution < 1.29 is 27.4 Å². The molecular formula is C16H10FNO5S2. The van der Waals surface area contributed by atoms with Gasteiger partial charge in [-0.3, -0.25) is 4.79 Å². The first-order valence-electron chi connectivity index (χ1n) is 6.85. The smallest absolute Gasteiger partial charge is 0.224 e. The molecule has 1 aliphatic heterocycles. The highest BCUT2D eigenvalue weighted by atomic mass is 32.2. The molecule has 3 rings (SSSR count). The highest BCUT2D eigenvalue weighted by molar-refractivity contribution is 8.14. The van der Waals surface area contributed by atoms with Crippen LogP contribution in [0.2, 0.25) is 0 Å². The molecule has 0 bridgehead atoms. The van der Waals surface area contributed by atoms with Crippen LogP contribution in [0.3, 0.4) is 0 Å². The van der Waals surface area contributed by atoms with Gasteiger partial charge >= 0.3 is 0 Å². The van der Waals surface area contributed by atoms with E-state index in [0.717, 1.165) is 18.4 Å². The fourth-order valence-corrected chi connectivity index (χ4v) is 4.31. The first-order chi connectivity index (χ1) is 11.7. The summed E-state index contributed by atoms with van der Waals surface area (Å²) in [6.07, 6.45) is 0.956. The molecule has 0 radical (unpaired) electrons. The summed E-state index contributed by atoms with van der Waals surface area (Å²) < 4.78 is 42.8. The molecule has 0 aliphatic carbocycles. The molecule has 0 fully saturated rings. The maximum Gasteiger partial charge on any atom is 0.224 e. The summed E-state index contributed by atoms with van der Waals surface area (Å²) in [5.41, 5.74) is -1.40. The number of fused-ring (bicyclic) bond motifs is 1. The molecule has 0 saturated carbocycles. The molecule has 1 atom stereocenters. The van der Waals surface area contributed by atoms with E-state index in [-0.39, 0.29) is 33.1 Å². The predicted octanol–water partition coefficient (Wildman–Crippen LogP) is 2.77. The molecule has 128 valence electrons. The fourth-order valence-electron chi connectivity index (χ4n) is 2.47. The second-order valence-electron chi connectivity index (χ2n) is 5.27. The van der Waals surface area contributed by atoms with Crippen LogP contribution in [0.5, 0.6) is 11.5 Å². The second kappa shape index (κ2) is 6.15. The number of nitrogens with zero attached hydrogens (tertiary/aromatic N) is 1. The van der Waals surface area contributed by atoms with E-state index in [9.17, 15) is 22.7 Å². The number of benzene rings is 2. The molecule has 0 spiro atoms. The van der Waals surface area contributed by atoms with E-state index in [4.69, 9.17) is 10.00 Å². The van der Waals surface area contributed by atoms with Gasteiger partial charge in [0.1, 0.15) is 22.8 Å². The summed E-state index contributed by atoms with van der Waals surface area (Å²) in [5.74, 6) is -0.686. The number of carbonyl (C=O) groups is 1. The van der Waals surface area contributed by atoms with E-state index >= 15 is 0 Å². The van der Waals surface area contributed by atoms with Crippen LogP contribution in [0.15, 0.2) is 35.2 Å². The molecule has 2 aromatic carbocycles. The van der Waals surface area contributed by atoms with Crippen molar-refractivity contribution >= 4 is 26.7 Å². The molecule has 6 nitrogen and oxygen atoms in total. The van der Waals surface area contributed by atoms with Crippen LogP contribution < -0.4 is 4.74 Å². The lowest BCUT2D eigenvalue weighted by atomic mass is 10.1. The number of carbonyl (C=O) groups excluding carboxylic acids is 1. The number of nitriles is 1. The number of thioether (sulfide) groups is 1. The summed E-state index contributed by atoms with van der Waals surface area (Å²) in [4.78, 5) is 11.9. The van der Waals surface area contributed by atoms with Gasteiger partial charge in [0.25, 0.3) is 0 Å². The summed E-state index contributed by atoms with van der Waals surface area (Å²) in [5, 5.41) is 18.4. The number of rotatable bonds is 3. The maximum atomic E-state index is 13.5. The Morgan fingerprint density at radius 3 is 2.68 bits per heavy atom. The zero-order valence-electron chi connectivity index (χ0n) is 12.7. The van der Waals surface area contributed by atoms with Gasteiger partial charge in [-0.05, 0) is 36.0 Å². The third-order valence-electron chi connectivity index (χ3n) is 3.46. The lowest BCUT2D eigenvalue weighted by Crippen LogP contribution is -2.06. The number of aliphatic hydroxyl groups is 1. The fraction of sp³-hybridized carbons (Fsp3) is 0.125. The number of sulfone groups is 1. The summed E-state index contributed by atoms with van der Waals surface area (Å²) in [6.45, 7) is 0. The Labute approximate surface area is 146 Å². The molecule has 1 heterocycles. The minimum atomic E-state index is -3.70. The first kappa shape index (κ1) is 17.4. The Morgan fingerprint density at radius 1 is 1.32 bits per heavy atom. The van der Waals surface area contributed by atoms with E-state index in [0.29, 0.717) is 11.8 Å². The topological polar surface area (TPSA) is 104 Å². The van der Waals surface area contributed by atoms with Crippen molar-refractivity contribution in [2.75, 3.05) is 6.26 Å². The Balaban J connectivity index is 2.15. The summed E-state index contributed by atoms with van der Waals surface area (Å²) in [6, 6.07) is 7.62. The van der Waals surface area contributed by atoms with Gasteiger partial charge in [0.2, 0.25) is 5.12 Å². The van der Waals surface area contributed by atoms with Gasteiger partial charge in [0.05, 0.1) is 22.1 Å². The van der Waals surface area contributed by atoms with Crippen molar-refractivity contribution in [1.29, 1.82) is 5.26 Å². The van der Waals surface area contributed by atoms with Crippen molar-refractivity contribution in [2.45, 2.75) is 10.3 Å². The molecule has 25 heavy (non-hydrogen) atoms. The minimum absolute atomic E-state index is 0.0117. The van der Waals surface area contributed by atoms with Crippen LogP contribution in [0.4, 0.5) is 4.39 Å². The number of hydrogen-bond donors (Lipinski definition) is 1. The average molecular weight is 379 g/mol. The molecule has 1 N–H and O–H groups in total. The largest absolute Gasteiger partial charge is 0.457 e. The SMILES string of the molecule is CS(=O)(=O)c1ccc(Oc2cc(F)cc(C#N)c2)c2c1C(=O)S[C@H]2O. The van der Waals surface area contributed by atoms with E-state index in [1.54, 1.807) is 6.07 Å². The van der Waals surface area contributed by atoms with E-state index in [1.807, 2.05) is 0 Å². The quantitative estimate of drug-likeness (QED) is 0.874. The van der Waals surface area contributed by atoms with Crippen molar-refractivity contribution in [3.8, 4) is 17.6 Å². The van der Waals surface area contributed by atoms with Crippen molar-refractivity contribution in [3.63, 3.8) is 0 Å². The molecule has 0 aromatic heterocycles. The van der Waals surface area contributed by atoms with E-state index in [2.05, 4.69) is 0 Å². The Hall–Kier alpha value is -2.41. The number of aliphatic hydroxyl groups excluding tert-OH is 1. The lowest BCUT2D eigenvalue weighted by Gasteiger charge is -2.14. The second-order valence-corrected chi connectivity index (χ2v) is 8.31. The van der Waals surface area contributed by atoms with E-state index < -0.39 is 26.2 Å². The monoisotopic (exact) mass is 379 g/mol. The first-order valence-corrected chi connectivity index (χ1v) is 9.62. The van der Waals surface area contributed by atoms with Gasteiger partial charge in [-0.15, -0.1) is 0 Å². The Bertz CT molecular complexity index is 1040. The normalized spacial score (nSPS) is 16.4. The van der Waals surface area contributed by atoms with Crippen LogP contribution in [0, 0.1) is 17.1 Å². The minimum Gasteiger partial charge on any atom is -0.457 e. The number of hydrogen-bond acceptors (Lipinski definition) is 7.